The van der Waals surface area contributed by atoms with Gasteiger partial charge in [-0.05, 0) is 48.9 Å². The van der Waals surface area contributed by atoms with Crippen LogP contribution >= 0.6 is 0 Å². The minimum atomic E-state index is -0.00598. The summed E-state index contributed by atoms with van der Waals surface area (Å²) in [5, 5.41) is 2.93. The third kappa shape index (κ3) is 3.00. The van der Waals surface area contributed by atoms with E-state index in [4.69, 9.17) is 5.73 Å². The molecule has 1 aromatic carbocycles. The maximum atomic E-state index is 12.2. The maximum Gasteiger partial charge on any atom is 0.321 e. The first-order valence-electron chi connectivity index (χ1n) is 7.00. The van der Waals surface area contributed by atoms with E-state index >= 15 is 0 Å². The SMILES string of the molecule is CCC1(CC)CCN(C(=O)Nc2ccc(N)cc2)C1. The summed E-state index contributed by atoms with van der Waals surface area (Å²) in [6.07, 6.45) is 3.37. The van der Waals surface area contributed by atoms with Crippen LogP contribution in [0.1, 0.15) is 33.1 Å². The molecule has 2 amide bonds. The molecule has 1 fully saturated rings. The quantitative estimate of drug-likeness (QED) is 0.820. The molecule has 0 unspecified atom stereocenters. The van der Waals surface area contributed by atoms with Crippen molar-refractivity contribution < 1.29 is 4.79 Å². The molecule has 4 heteroatoms. The number of nitrogens with two attached hydrogens (primary N) is 1. The van der Waals surface area contributed by atoms with Gasteiger partial charge in [-0.3, -0.25) is 0 Å². The Labute approximate surface area is 115 Å². The number of carbonyl (C=O) groups excluding carboxylic acids is 1. The highest BCUT2D eigenvalue weighted by Gasteiger charge is 2.36. The summed E-state index contributed by atoms with van der Waals surface area (Å²) in [7, 11) is 0. The first kappa shape index (κ1) is 13.7. The van der Waals surface area contributed by atoms with E-state index in [1.54, 1.807) is 12.1 Å². The van der Waals surface area contributed by atoms with Crippen molar-refractivity contribution >= 4 is 17.4 Å². The van der Waals surface area contributed by atoms with Crippen LogP contribution in [-0.4, -0.2) is 24.0 Å². The fourth-order valence-corrected chi connectivity index (χ4v) is 2.70. The average Bonchev–Trinajstić information content (AvgIpc) is 2.87. The number of carbonyl (C=O) groups is 1. The number of hydrogen-bond donors (Lipinski definition) is 2. The third-order valence-corrected chi connectivity index (χ3v) is 4.39. The second kappa shape index (κ2) is 5.51. The van der Waals surface area contributed by atoms with Crippen LogP contribution in [0.5, 0.6) is 0 Å². The van der Waals surface area contributed by atoms with Crippen LogP contribution in [0.15, 0.2) is 24.3 Å². The number of nitrogen functional groups attached to an aromatic ring is 1. The zero-order valence-electron chi connectivity index (χ0n) is 11.8. The van der Waals surface area contributed by atoms with E-state index in [-0.39, 0.29) is 6.03 Å². The molecule has 0 bridgehead atoms. The number of anilines is 2. The van der Waals surface area contributed by atoms with Gasteiger partial charge in [0.15, 0.2) is 0 Å². The molecular formula is C15H23N3O. The summed E-state index contributed by atoms with van der Waals surface area (Å²) in [6, 6.07) is 7.24. The van der Waals surface area contributed by atoms with Crippen molar-refractivity contribution in [3.63, 3.8) is 0 Å². The van der Waals surface area contributed by atoms with E-state index in [0.717, 1.165) is 38.0 Å². The van der Waals surface area contributed by atoms with Crippen molar-refractivity contribution in [3.8, 4) is 0 Å². The van der Waals surface area contributed by atoms with Crippen molar-refractivity contribution in [2.45, 2.75) is 33.1 Å². The fraction of sp³-hybridized carbons (Fsp3) is 0.533. The van der Waals surface area contributed by atoms with Crippen molar-refractivity contribution in [2.75, 3.05) is 24.1 Å². The Morgan fingerprint density at radius 2 is 1.95 bits per heavy atom. The normalized spacial score (nSPS) is 17.5. The van der Waals surface area contributed by atoms with Gasteiger partial charge < -0.3 is 16.0 Å². The van der Waals surface area contributed by atoms with Gasteiger partial charge in [-0.15, -0.1) is 0 Å². The highest BCUT2D eigenvalue weighted by Crippen LogP contribution is 2.37. The molecule has 1 aliphatic heterocycles. The second-order valence-corrected chi connectivity index (χ2v) is 5.43. The Kier molecular flexibility index (Phi) is 3.98. The molecule has 1 aromatic rings. The van der Waals surface area contributed by atoms with Crippen LogP contribution in [0.3, 0.4) is 0 Å². The molecule has 0 saturated carbocycles. The molecule has 0 aliphatic carbocycles. The molecule has 1 saturated heterocycles. The summed E-state index contributed by atoms with van der Waals surface area (Å²) in [5.41, 5.74) is 7.45. The molecule has 0 aromatic heterocycles. The van der Waals surface area contributed by atoms with Crippen LogP contribution in [0.25, 0.3) is 0 Å². The fourth-order valence-electron chi connectivity index (χ4n) is 2.70. The van der Waals surface area contributed by atoms with Crippen LogP contribution in [0.2, 0.25) is 0 Å². The monoisotopic (exact) mass is 261 g/mol. The first-order chi connectivity index (χ1) is 9.08. The molecule has 1 heterocycles. The molecule has 3 N–H and O–H groups in total. The lowest BCUT2D eigenvalue weighted by molar-refractivity contribution is 0.209. The Hall–Kier alpha value is -1.71. The van der Waals surface area contributed by atoms with Gasteiger partial charge in [0.05, 0.1) is 0 Å². The number of nitrogens with one attached hydrogen (secondary N) is 1. The summed E-state index contributed by atoms with van der Waals surface area (Å²) in [4.78, 5) is 14.1. The number of amides is 2. The van der Waals surface area contributed by atoms with E-state index in [1.807, 2.05) is 17.0 Å². The van der Waals surface area contributed by atoms with Crippen molar-refractivity contribution in [1.29, 1.82) is 0 Å². The highest BCUT2D eigenvalue weighted by molar-refractivity contribution is 5.89. The number of urea groups is 1. The Morgan fingerprint density at radius 3 is 2.47 bits per heavy atom. The predicted molar refractivity (Wildman–Crippen MR) is 79.1 cm³/mol. The minimum absolute atomic E-state index is 0.00598. The van der Waals surface area contributed by atoms with Crippen molar-refractivity contribution in [3.05, 3.63) is 24.3 Å². The lowest BCUT2D eigenvalue weighted by Crippen LogP contribution is -2.35. The average molecular weight is 261 g/mol. The number of likely N-dealkylation sites (tertiary alicyclic amines) is 1. The molecule has 4 nitrogen and oxygen atoms in total. The Balaban J connectivity index is 1.96. The summed E-state index contributed by atoms with van der Waals surface area (Å²) in [5.74, 6) is 0. The predicted octanol–water partition coefficient (Wildman–Crippen LogP) is 3.31. The molecule has 19 heavy (non-hydrogen) atoms. The number of benzene rings is 1. The topological polar surface area (TPSA) is 58.4 Å². The van der Waals surface area contributed by atoms with Crippen LogP contribution in [-0.2, 0) is 0 Å². The first-order valence-corrected chi connectivity index (χ1v) is 7.00. The number of nitrogens with zero attached hydrogens (tertiary/aromatic N) is 1. The molecule has 0 spiro atoms. The lowest BCUT2D eigenvalue weighted by atomic mass is 9.82. The van der Waals surface area contributed by atoms with Crippen molar-refractivity contribution in [1.82, 2.24) is 4.90 Å². The zero-order valence-corrected chi connectivity index (χ0v) is 11.8. The van der Waals surface area contributed by atoms with Gasteiger partial charge in [0.25, 0.3) is 0 Å². The largest absolute Gasteiger partial charge is 0.399 e. The van der Waals surface area contributed by atoms with E-state index in [1.165, 1.54) is 0 Å². The van der Waals surface area contributed by atoms with E-state index in [9.17, 15) is 4.79 Å². The Bertz CT molecular complexity index is 437. The molecular weight excluding hydrogens is 238 g/mol. The van der Waals surface area contributed by atoms with Crippen LogP contribution in [0.4, 0.5) is 16.2 Å². The second-order valence-electron chi connectivity index (χ2n) is 5.43. The summed E-state index contributed by atoms with van der Waals surface area (Å²) >= 11 is 0. The van der Waals surface area contributed by atoms with E-state index in [0.29, 0.717) is 11.1 Å². The lowest BCUT2D eigenvalue weighted by Gasteiger charge is -2.26. The van der Waals surface area contributed by atoms with E-state index in [2.05, 4.69) is 19.2 Å². The van der Waals surface area contributed by atoms with Gasteiger partial charge in [0.2, 0.25) is 0 Å². The van der Waals surface area contributed by atoms with Gasteiger partial charge in [-0.1, -0.05) is 13.8 Å². The van der Waals surface area contributed by atoms with Gasteiger partial charge in [-0.25, -0.2) is 4.79 Å². The van der Waals surface area contributed by atoms with Gasteiger partial charge in [0.1, 0.15) is 0 Å². The number of rotatable bonds is 3. The molecule has 1 aliphatic rings. The third-order valence-electron chi connectivity index (χ3n) is 4.39. The summed E-state index contributed by atoms with van der Waals surface area (Å²) < 4.78 is 0. The molecule has 2 rings (SSSR count). The standard InChI is InChI=1S/C15H23N3O/c1-3-15(4-2)9-10-18(11-15)14(19)17-13-7-5-12(16)6-8-13/h5-8H,3-4,9-11,16H2,1-2H3,(H,17,19). The van der Waals surface area contributed by atoms with Gasteiger partial charge in [-0.2, -0.15) is 0 Å². The zero-order chi connectivity index (χ0) is 13.9. The molecule has 104 valence electrons. The van der Waals surface area contributed by atoms with Crippen molar-refractivity contribution in [2.24, 2.45) is 5.41 Å². The van der Waals surface area contributed by atoms with Gasteiger partial charge in [0, 0.05) is 24.5 Å². The molecule has 0 radical (unpaired) electrons. The maximum absolute atomic E-state index is 12.2. The number of hydrogen-bond acceptors (Lipinski definition) is 2. The minimum Gasteiger partial charge on any atom is -0.399 e. The van der Waals surface area contributed by atoms with Gasteiger partial charge >= 0.3 is 6.03 Å². The van der Waals surface area contributed by atoms with Crippen LogP contribution in [0, 0.1) is 5.41 Å². The Morgan fingerprint density at radius 1 is 1.32 bits per heavy atom. The molecule has 0 atom stereocenters. The van der Waals surface area contributed by atoms with Crippen LogP contribution < -0.4 is 11.1 Å². The summed E-state index contributed by atoms with van der Waals surface area (Å²) in [6.45, 7) is 6.14. The van der Waals surface area contributed by atoms with E-state index < -0.39 is 0 Å². The smallest absolute Gasteiger partial charge is 0.321 e. The highest BCUT2D eigenvalue weighted by atomic mass is 16.2.